The fourth-order valence-electron chi connectivity index (χ4n) is 3.94. The Morgan fingerprint density at radius 3 is 2.48 bits per heavy atom. The van der Waals surface area contributed by atoms with Gasteiger partial charge in [0, 0.05) is 36.8 Å². The zero-order valence-corrected chi connectivity index (χ0v) is 14.1. The molecule has 23 heavy (non-hydrogen) atoms. The maximum Gasteiger partial charge on any atom is 0.394 e. The van der Waals surface area contributed by atoms with Gasteiger partial charge >= 0.3 is 6.11 Å². The number of rotatable bonds is 3. The largest absolute Gasteiger partial charge is 0.433 e. The van der Waals surface area contributed by atoms with E-state index in [1.54, 1.807) is 12.1 Å². The average Bonchev–Trinajstić information content (AvgIpc) is 2.44. The highest BCUT2D eigenvalue weighted by molar-refractivity contribution is 5.51. The van der Waals surface area contributed by atoms with Gasteiger partial charge in [0.15, 0.2) is 0 Å². The van der Waals surface area contributed by atoms with Crippen molar-refractivity contribution in [2.75, 3.05) is 11.4 Å². The molecular formula is C18H26F2N2O. The van der Waals surface area contributed by atoms with Gasteiger partial charge in [-0.3, -0.25) is 0 Å². The monoisotopic (exact) mass is 324 g/mol. The summed E-state index contributed by atoms with van der Waals surface area (Å²) in [5, 5.41) is 3.77. The van der Waals surface area contributed by atoms with Crippen molar-refractivity contribution in [3.63, 3.8) is 0 Å². The Bertz CT molecular complexity index is 539. The van der Waals surface area contributed by atoms with Gasteiger partial charge in [-0.15, -0.1) is 0 Å². The third-order valence-corrected chi connectivity index (χ3v) is 4.74. The first-order valence-corrected chi connectivity index (χ1v) is 8.45. The molecule has 1 aromatic carbocycles. The molecule has 3 nitrogen and oxygen atoms in total. The molecule has 0 spiro atoms. The molecule has 1 aromatic rings. The van der Waals surface area contributed by atoms with Crippen LogP contribution in [0.5, 0.6) is 5.75 Å². The number of hydrogen-bond donors (Lipinski definition) is 1. The summed E-state index contributed by atoms with van der Waals surface area (Å²) in [4.78, 5) is 2.44. The summed E-state index contributed by atoms with van der Waals surface area (Å²) in [6.07, 6.45) is 1.76. The van der Waals surface area contributed by atoms with E-state index in [0.717, 1.165) is 19.2 Å². The van der Waals surface area contributed by atoms with Gasteiger partial charge in [0.1, 0.15) is 5.75 Å². The Hall–Kier alpha value is -1.36. The molecule has 2 atom stereocenters. The molecule has 0 radical (unpaired) electrons. The first kappa shape index (κ1) is 16.5. The third-order valence-electron chi connectivity index (χ3n) is 4.74. The second kappa shape index (κ2) is 5.93. The lowest BCUT2D eigenvalue weighted by Crippen LogP contribution is -2.67. The lowest BCUT2D eigenvalue weighted by atomic mass is 9.83. The van der Waals surface area contributed by atoms with Gasteiger partial charge in [-0.1, -0.05) is 12.8 Å². The molecule has 0 bridgehead atoms. The number of ether oxygens (including phenoxy) is 1. The number of alkyl halides is 2. The smallest absolute Gasteiger partial charge is 0.394 e. The number of anilines is 1. The highest BCUT2D eigenvalue weighted by Gasteiger charge is 2.40. The Kier molecular flexibility index (Phi) is 4.25. The van der Waals surface area contributed by atoms with Crippen LogP contribution in [-0.4, -0.2) is 30.3 Å². The summed E-state index contributed by atoms with van der Waals surface area (Å²) in [7, 11) is 0. The summed E-state index contributed by atoms with van der Waals surface area (Å²) in [5.74, 6) is 0.204. The molecule has 2 fully saturated rings. The van der Waals surface area contributed by atoms with Gasteiger partial charge in [0.05, 0.1) is 0 Å². The highest BCUT2D eigenvalue weighted by atomic mass is 19.3. The Labute approximate surface area is 137 Å². The zero-order chi connectivity index (χ0) is 16.7. The average molecular weight is 324 g/mol. The number of nitrogens with zero attached hydrogens (tertiary/aromatic N) is 1. The van der Waals surface area contributed by atoms with Gasteiger partial charge in [-0.05, 0) is 51.0 Å². The number of piperazine rings is 1. The van der Waals surface area contributed by atoms with Crippen LogP contribution in [0.2, 0.25) is 0 Å². The molecule has 128 valence electrons. The van der Waals surface area contributed by atoms with Gasteiger partial charge in [0.2, 0.25) is 0 Å². The number of fused-ring (bicyclic) bond motifs is 1. The van der Waals surface area contributed by atoms with Crippen molar-refractivity contribution in [3.05, 3.63) is 24.3 Å². The molecule has 1 aliphatic carbocycles. The minimum Gasteiger partial charge on any atom is -0.433 e. The van der Waals surface area contributed by atoms with Crippen LogP contribution in [0.25, 0.3) is 0 Å². The molecule has 5 heteroatoms. The fourth-order valence-corrected chi connectivity index (χ4v) is 3.94. The molecule has 1 saturated heterocycles. The Morgan fingerprint density at radius 2 is 1.83 bits per heavy atom. The van der Waals surface area contributed by atoms with Crippen LogP contribution in [-0.2, 0) is 0 Å². The van der Waals surface area contributed by atoms with Crippen LogP contribution in [0.4, 0.5) is 14.5 Å². The second-order valence-corrected chi connectivity index (χ2v) is 7.52. The molecule has 3 rings (SSSR count). The molecule has 1 heterocycles. The van der Waals surface area contributed by atoms with E-state index in [1.165, 1.54) is 25.7 Å². The van der Waals surface area contributed by atoms with Crippen LogP contribution in [0.15, 0.2) is 24.3 Å². The van der Waals surface area contributed by atoms with Crippen molar-refractivity contribution >= 4 is 5.69 Å². The van der Waals surface area contributed by atoms with Gasteiger partial charge in [-0.2, -0.15) is 8.78 Å². The van der Waals surface area contributed by atoms with E-state index in [2.05, 4.69) is 28.8 Å². The predicted octanol–water partition coefficient (Wildman–Crippen LogP) is 4.18. The van der Waals surface area contributed by atoms with Crippen LogP contribution in [0, 0.1) is 0 Å². The third kappa shape index (κ3) is 3.94. The summed E-state index contributed by atoms with van der Waals surface area (Å²) >= 11 is 0. The Balaban J connectivity index is 1.80. The molecule has 2 aliphatic rings. The van der Waals surface area contributed by atoms with Gasteiger partial charge in [0.25, 0.3) is 0 Å². The normalized spacial score (nSPS) is 27.4. The van der Waals surface area contributed by atoms with Gasteiger partial charge in [-0.25, -0.2) is 0 Å². The van der Waals surface area contributed by atoms with Crippen LogP contribution in [0.1, 0.15) is 46.5 Å². The van der Waals surface area contributed by atoms with Gasteiger partial charge < -0.3 is 15.0 Å². The van der Waals surface area contributed by atoms with Crippen molar-refractivity contribution < 1.29 is 13.5 Å². The van der Waals surface area contributed by atoms with E-state index >= 15 is 0 Å². The second-order valence-electron chi connectivity index (χ2n) is 7.52. The topological polar surface area (TPSA) is 24.5 Å². The van der Waals surface area contributed by atoms with E-state index < -0.39 is 6.11 Å². The summed E-state index contributed by atoms with van der Waals surface area (Å²) in [6, 6.07) is 8.06. The SMILES string of the molecule is CC1(C)CN(c2ccc(OC(C)(F)F)cc2)[C@H]2CCCC[C@@H]2N1. The van der Waals surface area contributed by atoms with E-state index in [9.17, 15) is 8.78 Å². The van der Waals surface area contributed by atoms with E-state index in [4.69, 9.17) is 0 Å². The molecule has 1 saturated carbocycles. The van der Waals surface area contributed by atoms with Crippen LogP contribution >= 0.6 is 0 Å². The lowest BCUT2D eigenvalue weighted by Gasteiger charge is -2.52. The zero-order valence-electron chi connectivity index (χ0n) is 14.1. The first-order chi connectivity index (χ1) is 10.7. The molecule has 0 amide bonds. The summed E-state index contributed by atoms with van der Waals surface area (Å²) in [5.41, 5.74) is 1.13. The van der Waals surface area contributed by atoms with Crippen molar-refractivity contribution in [1.82, 2.24) is 5.32 Å². The number of hydrogen-bond acceptors (Lipinski definition) is 3. The molecule has 0 aromatic heterocycles. The van der Waals surface area contributed by atoms with Crippen molar-refractivity contribution in [2.24, 2.45) is 0 Å². The fraction of sp³-hybridized carbons (Fsp3) is 0.667. The number of halogens is 2. The maximum absolute atomic E-state index is 12.9. The van der Waals surface area contributed by atoms with Crippen molar-refractivity contribution in [3.8, 4) is 5.75 Å². The quantitative estimate of drug-likeness (QED) is 0.903. The van der Waals surface area contributed by atoms with Crippen LogP contribution < -0.4 is 15.0 Å². The van der Waals surface area contributed by atoms with Crippen molar-refractivity contribution in [1.29, 1.82) is 0 Å². The molecular weight excluding hydrogens is 298 g/mol. The highest BCUT2D eigenvalue weighted by Crippen LogP contribution is 2.34. The van der Waals surface area contributed by atoms with E-state index in [-0.39, 0.29) is 11.3 Å². The summed E-state index contributed by atoms with van der Waals surface area (Å²) in [6.45, 7) is 6.12. The number of benzene rings is 1. The van der Waals surface area contributed by atoms with Crippen molar-refractivity contribution in [2.45, 2.75) is 70.2 Å². The van der Waals surface area contributed by atoms with E-state index in [1.807, 2.05) is 12.1 Å². The first-order valence-electron chi connectivity index (χ1n) is 8.45. The maximum atomic E-state index is 12.9. The van der Waals surface area contributed by atoms with E-state index in [0.29, 0.717) is 12.1 Å². The van der Waals surface area contributed by atoms with Crippen LogP contribution in [0.3, 0.4) is 0 Å². The minimum atomic E-state index is -3.15. The predicted molar refractivity (Wildman–Crippen MR) is 88.3 cm³/mol. The summed E-state index contributed by atoms with van der Waals surface area (Å²) < 4.78 is 30.5. The molecule has 1 aliphatic heterocycles. The lowest BCUT2D eigenvalue weighted by molar-refractivity contribution is -0.158. The minimum absolute atomic E-state index is 0.0458. The standard InChI is InChI=1S/C18H26F2N2O/c1-17(2)12-22(16-7-5-4-6-15(16)21-17)13-8-10-14(11-9-13)23-18(3,19)20/h8-11,15-16,21H,4-7,12H2,1-3H3/t15-,16-/m0/s1. The number of nitrogens with one attached hydrogen (secondary N) is 1. The molecule has 1 N–H and O–H groups in total. The molecule has 0 unspecified atom stereocenters. The Morgan fingerprint density at radius 1 is 1.17 bits per heavy atom.